The molecule has 2 aliphatic carbocycles. The molecule has 27 heavy (non-hydrogen) atoms. The molecule has 0 spiro atoms. The van der Waals surface area contributed by atoms with E-state index in [4.69, 9.17) is 9.84 Å². The molecule has 0 bridgehead atoms. The lowest BCUT2D eigenvalue weighted by molar-refractivity contribution is -0.146. The van der Waals surface area contributed by atoms with Gasteiger partial charge in [0.15, 0.2) is 0 Å². The molecule has 0 saturated heterocycles. The molecule has 1 aromatic heterocycles. The first-order valence-electron chi connectivity index (χ1n) is 10.1. The van der Waals surface area contributed by atoms with Crippen molar-refractivity contribution in [2.75, 3.05) is 7.11 Å². The number of hydrogen-bond acceptors (Lipinski definition) is 4. The number of nitrogens with zero attached hydrogens (tertiary/aromatic N) is 3. The van der Waals surface area contributed by atoms with E-state index in [1.165, 1.54) is 37.3 Å². The number of fused-ring (bicyclic) bond motifs is 1. The van der Waals surface area contributed by atoms with Gasteiger partial charge in [-0.15, -0.1) is 0 Å². The zero-order valence-corrected chi connectivity index (χ0v) is 16.2. The average Bonchev–Trinajstić information content (AvgIpc) is 3.04. The van der Waals surface area contributed by atoms with Gasteiger partial charge in [0.25, 0.3) is 0 Å². The van der Waals surface area contributed by atoms with E-state index < -0.39 is 5.41 Å². The highest BCUT2D eigenvalue weighted by Gasteiger charge is 2.40. The van der Waals surface area contributed by atoms with Crippen LogP contribution in [0.15, 0.2) is 18.2 Å². The molecule has 2 aromatic rings. The molecule has 5 heteroatoms. The molecule has 142 valence electrons. The average molecular weight is 365 g/mol. The summed E-state index contributed by atoms with van der Waals surface area (Å²) in [6, 6.07) is 9.54. The summed E-state index contributed by atoms with van der Waals surface area (Å²) >= 11 is 0. The summed E-state index contributed by atoms with van der Waals surface area (Å²) in [5.41, 5.74) is 2.87. The molecular weight excluding hydrogens is 338 g/mol. The molecule has 0 unspecified atom stereocenters. The van der Waals surface area contributed by atoms with Crippen LogP contribution in [0.5, 0.6) is 0 Å². The van der Waals surface area contributed by atoms with Crippen LogP contribution in [-0.2, 0) is 21.4 Å². The fourth-order valence-electron chi connectivity index (χ4n) is 4.65. The van der Waals surface area contributed by atoms with E-state index in [0.717, 1.165) is 17.7 Å². The number of hydrogen-bond donors (Lipinski definition) is 0. The molecule has 1 aromatic carbocycles. The van der Waals surface area contributed by atoms with Gasteiger partial charge in [0, 0.05) is 5.39 Å². The maximum Gasteiger partial charge on any atom is 0.308 e. The van der Waals surface area contributed by atoms with Crippen molar-refractivity contribution in [2.24, 2.45) is 5.92 Å². The molecule has 2 aliphatic rings. The first kappa shape index (κ1) is 18.0. The summed E-state index contributed by atoms with van der Waals surface area (Å²) in [4.78, 5) is 11.9. The second-order valence-electron chi connectivity index (χ2n) is 8.05. The van der Waals surface area contributed by atoms with Crippen LogP contribution in [0, 0.1) is 17.2 Å². The SMILES string of the molecule is CCc1nn(C2CCC2)c2cc([C@]3(C#N)CC[C@H](C(=O)OC)CC3)ccc12. The number of methoxy groups -OCH3 is 1. The third-order valence-corrected chi connectivity index (χ3v) is 6.68. The Morgan fingerprint density at radius 3 is 2.63 bits per heavy atom. The third-order valence-electron chi connectivity index (χ3n) is 6.68. The summed E-state index contributed by atoms with van der Waals surface area (Å²) < 4.78 is 7.10. The van der Waals surface area contributed by atoms with Crippen LogP contribution in [0.25, 0.3) is 10.9 Å². The van der Waals surface area contributed by atoms with Crippen LogP contribution in [0.3, 0.4) is 0 Å². The second-order valence-corrected chi connectivity index (χ2v) is 8.05. The van der Waals surface area contributed by atoms with Crippen LogP contribution in [0.2, 0.25) is 0 Å². The van der Waals surface area contributed by atoms with Gasteiger partial charge in [0.2, 0.25) is 0 Å². The molecule has 5 nitrogen and oxygen atoms in total. The van der Waals surface area contributed by atoms with Crippen LogP contribution in [0.1, 0.15) is 69.2 Å². The van der Waals surface area contributed by atoms with Gasteiger partial charge in [-0.3, -0.25) is 9.48 Å². The summed E-state index contributed by atoms with van der Waals surface area (Å²) in [6.07, 6.45) is 7.38. The highest BCUT2D eigenvalue weighted by molar-refractivity contribution is 5.83. The Kier molecular flexibility index (Phi) is 4.67. The predicted octanol–water partition coefficient (Wildman–Crippen LogP) is 4.45. The molecule has 1 heterocycles. The van der Waals surface area contributed by atoms with Crippen LogP contribution < -0.4 is 0 Å². The molecule has 0 amide bonds. The lowest BCUT2D eigenvalue weighted by Gasteiger charge is -2.34. The normalized spacial score (nSPS) is 25.7. The van der Waals surface area contributed by atoms with Gasteiger partial charge in [0.1, 0.15) is 0 Å². The number of carbonyl (C=O) groups excluding carboxylic acids is 1. The van der Waals surface area contributed by atoms with Crippen LogP contribution in [0.4, 0.5) is 0 Å². The number of aromatic nitrogens is 2. The third kappa shape index (κ3) is 2.92. The Hall–Kier alpha value is -2.35. The highest BCUT2D eigenvalue weighted by Crippen LogP contribution is 2.43. The van der Waals surface area contributed by atoms with E-state index in [0.29, 0.717) is 31.7 Å². The Morgan fingerprint density at radius 2 is 2.07 bits per heavy atom. The fraction of sp³-hybridized carbons (Fsp3) is 0.591. The maximum atomic E-state index is 11.9. The molecule has 2 saturated carbocycles. The van der Waals surface area contributed by atoms with Crippen molar-refractivity contribution in [3.05, 3.63) is 29.5 Å². The number of nitriles is 1. The summed E-state index contributed by atoms with van der Waals surface area (Å²) in [5.74, 6) is -0.222. The number of aryl methyl sites for hydroxylation is 1. The highest BCUT2D eigenvalue weighted by atomic mass is 16.5. The largest absolute Gasteiger partial charge is 0.469 e. The van der Waals surface area contributed by atoms with Crippen LogP contribution in [-0.4, -0.2) is 22.9 Å². The van der Waals surface area contributed by atoms with Crippen molar-refractivity contribution in [2.45, 2.75) is 69.7 Å². The second kappa shape index (κ2) is 6.99. The van der Waals surface area contributed by atoms with Crippen molar-refractivity contribution in [3.8, 4) is 6.07 Å². The Morgan fingerprint density at radius 1 is 1.33 bits per heavy atom. The van der Waals surface area contributed by atoms with Gasteiger partial charge in [-0.05, 0) is 63.0 Å². The van der Waals surface area contributed by atoms with Crippen molar-refractivity contribution < 1.29 is 9.53 Å². The van der Waals surface area contributed by atoms with Crippen molar-refractivity contribution in [1.82, 2.24) is 9.78 Å². The van der Waals surface area contributed by atoms with Gasteiger partial charge in [0.05, 0.1) is 41.8 Å². The Bertz CT molecular complexity index is 896. The Labute approximate surface area is 160 Å². The van der Waals surface area contributed by atoms with E-state index in [2.05, 4.69) is 35.9 Å². The van der Waals surface area contributed by atoms with Crippen molar-refractivity contribution in [3.63, 3.8) is 0 Å². The first-order valence-corrected chi connectivity index (χ1v) is 10.1. The Balaban J connectivity index is 1.70. The summed E-state index contributed by atoms with van der Waals surface area (Å²) in [6.45, 7) is 2.14. The number of esters is 1. The number of carbonyl (C=O) groups is 1. The minimum absolute atomic E-state index is 0.0765. The minimum atomic E-state index is -0.514. The van der Waals surface area contributed by atoms with E-state index in [9.17, 15) is 10.1 Å². The van der Waals surface area contributed by atoms with Gasteiger partial charge >= 0.3 is 5.97 Å². The summed E-state index contributed by atoms with van der Waals surface area (Å²) in [7, 11) is 1.44. The van der Waals surface area contributed by atoms with E-state index in [1.807, 2.05) is 0 Å². The maximum absolute atomic E-state index is 11.9. The van der Waals surface area contributed by atoms with Gasteiger partial charge in [-0.2, -0.15) is 10.4 Å². The van der Waals surface area contributed by atoms with E-state index in [-0.39, 0.29) is 11.9 Å². The van der Waals surface area contributed by atoms with Gasteiger partial charge < -0.3 is 4.74 Å². The smallest absolute Gasteiger partial charge is 0.308 e. The minimum Gasteiger partial charge on any atom is -0.469 e. The lowest BCUT2D eigenvalue weighted by atomic mass is 9.67. The van der Waals surface area contributed by atoms with E-state index in [1.54, 1.807) is 0 Å². The molecule has 4 rings (SSSR count). The zero-order chi connectivity index (χ0) is 19.0. The predicted molar refractivity (Wildman–Crippen MR) is 103 cm³/mol. The number of benzene rings is 1. The molecule has 0 radical (unpaired) electrons. The topological polar surface area (TPSA) is 67.9 Å². The zero-order valence-electron chi connectivity index (χ0n) is 16.2. The van der Waals surface area contributed by atoms with Gasteiger partial charge in [-0.25, -0.2) is 0 Å². The fourth-order valence-corrected chi connectivity index (χ4v) is 4.65. The number of ether oxygens (including phenoxy) is 1. The molecular formula is C22H27N3O2. The summed E-state index contributed by atoms with van der Waals surface area (Å²) in [5, 5.41) is 16.1. The molecule has 0 atom stereocenters. The van der Waals surface area contributed by atoms with Gasteiger partial charge in [-0.1, -0.05) is 19.1 Å². The number of rotatable bonds is 4. The van der Waals surface area contributed by atoms with Crippen molar-refractivity contribution >= 4 is 16.9 Å². The van der Waals surface area contributed by atoms with Crippen molar-refractivity contribution in [1.29, 1.82) is 5.26 Å². The van der Waals surface area contributed by atoms with E-state index >= 15 is 0 Å². The molecule has 0 aliphatic heterocycles. The lowest BCUT2D eigenvalue weighted by Crippen LogP contribution is -2.33. The standard InChI is InChI=1S/C22H27N3O2/c1-3-19-18-8-7-16(13-20(18)25(24-19)17-5-4-6-17)22(14-23)11-9-15(10-12-22)21(26)27-2/h7-8,13,15,17H,3-6,9-12H2,1-2H3/t15-,22+. The molecule has 0 N–H and O–H groups in total. The molecule has 2 fully saturated rings. The monoisotopic (exact) mass is 365 g/mol. The quantitative estimate of drug-likeness (QED) is 0.751. The van der Waals surface area contributed by atoms with Crippen LogP contribution >= 0.6 is 0 Å². The first-order chi connectivity index (χ1) is 13.1.